The fourth-order valence-electron chi connectivity index (χ4n) is 1.30. The summed E-state index contributed by atoms with van der Waals surface area (Å²) in [4.78, 5) is 14.8. The molecule has 2 N–H and O–H groups in total. The van der Waals surface area contributed by atoms with Crippen LogP contribution in [0.5, 0.6) is 0 Å². The highest BCUT2D eigenvalue weighted by Crippen LogP contribution is 2.23. The molecule has 0 aromatic carbocycles. The smallest absolute Gasteiger partial charge is 0.328 e. The summed E-state index contributed by atoms with van der Waals surface area (Å²) in [5.74, 6) is -1.08. The number of aliphatic carboxylic acids is 1. The van der Waals surface area contributed by atoms with E-state index in [1.165, 1.54) is 12.3 Å². The number of carboxylic acids is 1. The highest BCUT2D eigenvalue weighted by molar-refractivity contribution is 7.92. The molecular weight excluding hydrogens is 288 g/mol. The van der Waals surface area contributed by atoms with E-state index in [1.54, 1.807) is 0 Å². The van der Waals surface area contributed by atoms with Gasteiger partial charge in [0.25, 0.3) is 0 Å². The normalized spacial score (nSPS) is 12.8. The largest absolute Gasteiger partial charge is 0.478 e. The molecule has 8 heteroatoms. The summed E-state index contributed by atoms with van der Waals surface area (Å²) in [6.07, 6.45) is 3.75. The lowest BCUT2D eigenvalue weighted by molar-refractivity contribution is -0.131. The van der Waals surface area contributed by atoms with Gasteiger partial charge in [-0.2, -0.15) is 0 Å². The Morgan fingerprint density at radius 1 is 1.53 bits per heavy atom. The summed E-state index contributed by atoms with van der Waals surface area (Å²) in [5, 5.41) is 8.71. The molecule has 0 radical (unpaired) electrons. The molecule has 6 nitrogen and oxygen atoms in total. The van der Waals surface area contributed by atoms with Gasteiger partial charge in [-0.05, 0) is 11.5 Å². The molecule has 0 atom stereocenters. The number of hydrogen-bond donors (Lipinski definition) is 2. The van der Waals surface area contributed by atoms with Crippen LogP contribution in [0, 0.1) is 5.41 Å². The first-order valence-corrected chi connectivity index (χ1v) is 7.92. The minimum Gasteiger partial charge on any atom is -0.478 e. The van der Waals surface area contributed by atoms with Crippen LogP contribution in [0.1, 0.15) is 25.6 Å². The van der Waals surface area contributed by atoms with Crippen LogP contribution in [0.4, 0.5) is 5.13 Å². The molecule has 0 aliphatic heterocycles. The molecule has 0 fully saturated rings. The average Bonchev–Trinajstić information content (AvgIpc) is 2.57. The van der Waals surface area contributed by atoms with E-state index in [2.05, 4.69) is 9.71 Å². The Morgan fingerprint density at radius 2 is 2.16 bits per heavy atom. The van der Waals surface area contributed by atoms with Gasteiger partial charge < -0.3 is 5.11 Å². The fourth-order valence-corrected chi connectivity index (χ4v) is 3.95. The maximum atomic E-state index is 11.8. The van der Waals surface area contributed by atoms with Crippen molar-refractivity contribution in [1.29, 1.82) is 0 Å². The van der Waals surface area contributed by atoms with Crippen LogP contribution in [0.25, 0.3) is 6.08 Å². The van der Waals surface area contributed by atoms with Crippen molar-refractivity contribution in [3.05, 3.63) is 17.2 Å². The van der Waals surface area contributed by atoms with Gasteiger partial charge in [0.1, 0.15) is 0 Å². The van der Waals surface area contributed by atoms with Crippen molar-refractivity contribution >= 4 is 38.5 Å². The molecule has 0 spiro atoms. The van der Waals surface area contributed by atoms with Crippen molar-refractivity contribution in [1.82, 2.24) is 4.98 Å². The van der Waals surface area contributed by atoms with Crippen LogP contribution in [-0.2, 0) is 14.8 Å². The quantitative estimate of drug-likeness (QED) is 0.811. The molecule has 1 aromatic rings. The van der Waals surface area contributed by atoms with E-state index in [1.807, 2.05) is 20.8 Å². The van der Waals surface area contributed by atoms with Crippen molar-refractivity contribution in [2.24, 2.45) is 5.41 Å². The summed E-state index contributed by atoms with van der Waals surface area (Å²) in [5.41, 5.74) is -0.352. The Kier molecular flexibility index (Phi) is 4.70. The van der Waals surface area contributed by atoms with E-state index in [-0.39, 0.29) is 16.3 Å². The summed E-state index contributed by atoms with van der Waals surface area (Å²) in [6, 6.07) is 0. The van der Waals surface area contributed by atoms with Crippen molar-refractivity contribution < 1.29 is 18.3 Å². The number of hydrogen-bond acceptors (Lipinski definition) is 5. The van der Waals surface area contributed by atoms with Crippen LogP contribution >= 0.6 is 11.3 Å². The number of thiazole rings is 1. The Bertz CT molecular complexity index is 582. The summed E-state index contributed by atoms with van der Waals surface area (Å²) in [6.45, 7) is 5.49. The van der Waals surface area contributed by atoms with E-state index in [0.29, 0.717) is 4.88 Å². The predicted octanol–water partition coefficient (Wildman–Crippen LogP) is 2.03. The SMILES string of the molecule is CC(C)(C)CS(=O)(=O)Nc1ncc(C=CC(=O)O)s1. The van der Waals surface area contributed by atoms with E-state index < -0.39 is 16.0 Å². The average molecular weight is 304 g/mol. The molecule has 19 heavy (non-hydrogen) atoms. The number of carboxylic acid groups (broad SMARTS) is 1. The highest BCUT2D eigenvalue weighted by Gasteiger charge is 2.22. The Hall–Kier alpha value is -1.41. The van der Waals surface area contributed by atoms with Crippen LogP contribution in [0.15, 0.2) is 12.3 Å². The topological polar surface area (TPSA) is 96.4 Å². The van der Waals surface area contributed by atoms with Gasteiger partial charge in [-0.3, -0.25) is 4.72 Å². The fraction of sp³-hybridized carbons (Fsp3) is 0.455. The third kappa shape index (κ3) is 6.35. The number of nitrogens with one attached hydrogen (secondary N) is 1. The maximum absolute atomic E-state index is 11.8. The molecular formula is C11H16N2O4S2. The van der Waals surface area contributed by atoms with Gasteiger partial charge in [0, 0.05) is 17.2 Å². The monoisotopic (exact) mass is 304 g/mol. The standard InChI is InChI=1S/C11H16N2O4S2/c1-11(2,3)7-19(16,17)13-10-12-6-8(18-10)4-5-9(14)15/h4-6H,7H2,1-3H3,(H,12,13)(H,14,15). The molecule has 0 unspecified atom stereocenters. The zero-order valence-corrected chi connectivity index (χ0v) is 12.5. The lowest BCUT2D eigenvalue weighted by Crippen LogP contribution is -2.26. The van der Waals surface area contributed by atoms with E-state index in [4.69, 9.17) is 5.11 Å². The predicted molar refractivity (Wildman–Crippen MR) is 75.6 cm³/mol. The number of nitrogens with zero attached hydrogens (tertiary/aromatic N) is 1. The lowest BCUT2D eigenvalue weighted by Gasteiger charge is -2.17. The van der Waals surface area contributed by atoms with E-state index in [9.17, 15) is 13.2 Å². The van der Waals surface area contributed by atoms with E-state index in [0.717, 1.165) is 17.4 Å². The number of sulfonamides is 1. The van der Waals surface area contributed by atoms with Crippen molar-refractivity contribution in [2.45, 2.75) is 20.8 Å². The van der Waals surface area contributed by atoms with Crippen LogP contribution < -0.4 is 4.72 Å². The van der Waals surface area contributed by atoms with Crippen molar-refractivity contribution in [3.8, 4) is 0 Å². The maximum Gasteiger partial charge on any atom is 0.328 e. The van der Waals surface area contributed by atoms with Crippen LogP contribution in [0.3, 0.4) is 0 Å². The molecule has 0 amide bonds. The lowest BCUT2D eigenvalue weighted by atomic mass is 10.0. The van der Waals surface area contributed by atoms with Crippen molar-refractivity contribution in [3.63, 3.8) is 0 Å². The molecule has 1 rings (SSSR count). The van der Waals surface area contributed by atoms with Crippen LogP contribution in [-0.4, -0.2) is 30.2 Å². The second-order valence-electron chi connectivity index (χ2n) is 5.16. The number of aromatic nitrogens is 1. The second kappa shape index (κ2) is 5.70. The van der Waals surface area contributed by atoms with Gasteiger partial charge in [0.2, 0.25) is 10.0 Å². The zero-order chi connectivity index (χ0) is 14.7. The second-order valence-corrected chi connectivity index (χ2v) is 7.95. The number of anilines is 1. The van der Waals surface area contributed by atoms with Gasteiger partial charge in [0.15, 0.2) is 5.13 Å². The zero-order valence-electron chi connectivity index (χ0n) is 10.9. The van der Waals surface area contributed by atoms with Gasteiger partial charge in [-0.1, -0.05) is 32.1 Å². The first-order valence-electron chi connectivity index (χ1n) is 5.45. The van der Waals surface area contributed by atoms with E-state index >= 15 is 0 Å². The van der Waals surface area contributed by atoms with Gasteiger partial charge >= 0.3 is 5.97 Å². The van der Waals surface area contributed by atoms with Gasteiger partial charge in [0.05, 0.1) is 5.75 Å². The summed E-state index contributed by atoms with van der Waals surface area (Å²) in [7, 11) is -3.45. The minimum atomic E-state index is -3.45. The Balaban J connectivity index is 2.76. The molecule has 0 bridgehead atoms. The summed E-state index contributed by atoms with van der Waals surface area (Å²) < 4.78 is 26.0. The molecule has 0 aliphatic carbocycles. The van der Waals surface area contributed by atoms with Gasteiger partial charge in [-0.15, -0.1) is 0 Å². The molecule has 106 valence electrons. The number of rotatable bonds is 5. The summed E-state index contributed by atoms with van der Waals surface area (Å²) >= 11 is 1.08. The minimum absolute atomic E-state index is 0.0140. The molecule has 1 heterocycles. The first-order chi connectivity index (χ1) is 8.57. The molecule has 0 saturated heterocycles. The number of carbonyl (C=O) groups is 1. The first kappa shape index (κ1) is 15.6. The Morgan fingerprint density at radius 3 is 2.68 bits per heavy atom. The van der Waals surface area contributed by atoms with Crippen LogP contribution in [0.2, 0.25) is 0 Å². The molecule has 1 aromatic heterocycles. The molecule has 0 saturated carbocycles. The Labute approximate surface area is 116 Å². The molecule has 0 aliphatic rings. The van der Waals surface area contributed by atoms with Crippen molar-refractivity contribution in [2.75, 3.05) is 10.5 Å². The highest BCUT2D eigenvalue weighted by atomic mass is 32.2. The third-order valence-corrected chi connectivity index (χ3v) is 4.54. The van der Waals surface area contributed by atoms with Gasteiger partial charge in [-0.25, -0.2) is 18.2 Å². The third-order valence-electron chi connectivity index (χ3n) is 1.78.